The molecule has 0 bridgehead atoms. The Balaban J connectivity index is 2.21. The van der Waals surface area contributed by atoms with Gasteiger partial charge in [-0.3, -0.25) is 0 Å². The van der Waals surface area contributed by atoms with E-state index in [0.29, 0.717) is 25.4 Å². The number of hydrogen-bond acceptors (Lipinski definition) is 6. The van der Waals surface area contributed by atoms with Gasteiger partial charge >= 0.3 is 5.97 Å². The highest BCUT2D eigenvalue weighted by Gasteiger charge is 2.06. The molecule has 0 amide bonds. The zero-order chi connectivity index (χ0) is 12.5. The van der Waals surface area contributed by atoms with Crippen LogP contribution in [0.5, 0.6) is 0 Å². The number of nitrogens with zero attached hydrogens (tertiary/aromatic N) is 1. The fraction of sp³-hybridized carbons (Fsp3) is 0.455. The monoisotopic (exact) mass is 240 g/mol. The maximum Gasteiger partial charge on any atom is 0.338 e. The van der Waals surface area contributed by atoms with Gasteiger partial charge in [0.15, 0.2) is 0 Å². The Bertz CT molecular complexity index is 357. The number of esters is 1. The van der Waals surface area contributed by atoms with Crippen molar-refractivity contribution < 1.29 is 19.0 Å². The van der Waals surface area contributed by atoms with Crippen molar-refractivity contribution in [2.45, 2.75) is 0 Å². The highest BCUT2D eigenvalue weighted by Crippen LogP contribution is 2.04. The zero-order valence-electron chi connectivity index (χ0n) is 9.72. The van der Waals surface area contributed by atoms with E-state index in [1.807, 2.05) is 0 Å². The fourth-order valence-corrected chi connectivity index (χ4v) is 1.10. The van der Waals surface area contributed by atoms with Crippen molar-refractivity contribution in [3.8, 4) is 0 Å². The third-order valence-corrected chi connectivity index (χ3v) is 1.91. The van der Waals surface area contributed by atoms with Gasteiger partial charge in [-0.05, 0) is 12.1 Å². The third-order valence-electron chi connectivity index (χ3n) is 1.91. The molecule has 0 radical (unpaired) electrons. The van der Waals surface area contributed by atoms with Crippen LogP contribution in [0, 0.1) is 0 Å². The predicted molar refractivity (Wildman–Crippen MR) is 61.6 cm³/mol. The van der Waals surface area contributed by atoms with E-state index in [1.54, 1.807) is 13.2 Å². The standard InChI is InChI=1S/C11H16N2O4/c1-15-4-5-16-6-7-17-11(14)9-2-3-13-10(12)8-9/h2-3,8H,4-7H2,1H3,(H2,12,13). The first kappa shape index (κ1) is 13.4. The Kier molecular flexibility index (Phi) is 5.98. The lowest BCUT2D eigenvalue weighted by molar-refractivity contribution is 0.0213. The molecule has 0 saturated heterocycles. The van der Waals surface area contributed by atoms with Crippen molar-refractivity contribution in [1.29, 1.82) is 0 Å². The van der Waals surface area contributed by atoms with Gasteiger partial charge in [-0.1, -0.05) is 0 Å². The number of rotatable bonds is 7. The molecule has 2 N–H and O–H groups in total. The molecule has 0 aliphatic rings. The fourth-order valence-electron chi connectivity index (χ4n) is 1.10. The first-order valence-electron chi connectivity index (χ1n) is 5.19. The van der Waals surface area contributed by atoms with E-state index in [1.165, 1.54) is 12.3 Å². The Morgan fingerprint density at radius 1 is 1.35 bits per heavy atom. The lowest BCUT2D eigenvalue weighted by Crippen LogP contribution is -2.13. The predicted octanol–water partition coefficient (Wildman–Crippen LogP) is 0.484. The van der Waals surface area contributed by atoms with Crippen molar-refractivity contribution in [2.24, 2.45) is 0 Å². The second-order valence-electron chi connectivity index (χ2n) is 3.21. The zero-order valence-corrected chi connectivity index (χ0v) is 9.72. The molecule has 1 rings (SSSR count). The summed E-state index contributed by atoms with van der Waals surface area (Å²) in [6, 6.07) is 3.01. The van der Waals surface area contributed by atoms with E-state index in [-0.39, 0.29) is 12.4 Å². The summed E-state index contributed by atoms with van der Waals surface area (Å²) in [4.78, 5) is 15.3. The summed E-state index contributed by atoms with van der Waals surface area (Å²) >= 11 is 0. The largest absolute Gasteiger partial charge is 0.460 e. The van der Waals surface area contributed by atoms with E-state index < -0.39 is 5.97 Å². The molecule has 6 heteroatoms. The number of hydrogen-bond donors (Lipinski definition) is 1. The van der Waals surface area contributed by atoms with Crippen LogP contribution in [-0.4, -0.2) is 44.5 Å². The van der Waals surface area contributed by atoms with Gasteiger partial charge < -0.3 is 19.9 Å². The lowest BCUT2D eigenvalue weighted by atomic mass is 10.3. The quantitative estimate of drug-likeness (QED) is 0.551. The lowest BCUT2D eigenvalue weighted by Gasteiger charge is -2.05. The molecule has 1 heterocycles. The van der Waals surface area contributed by atoms with Crippen LogP contribution in [0.2, 0.25) is 0 Å². The minimum atomic E-state index is -0.436. The molecule has 94 valence electrons. The first-order chi connectivity index (χ1) is 8.24. The van der Waals surface area contributed by atoms with Crippen LogP contribution >= 0.6 is 0 Å². The average Bonchev–Trinajstić information content (AvgIpc) is 2.33. The number of carbonyl (C=O) groups is 1. The van der Waals surface area contributed by atoms with Gasteiger partial charge in [0.1, 0.15) is 12.4 Å². The number of ether oxygens (including phenoxy) is 3. The number of pyridine rings is 1. The van der Waals surface area contributed by atoms with Gasteiger partial charge in [0.05, 0.1) is 25.4 Å². The number of aromatic nitrogens is 1. The van der Waals surface area contributed by atoms with Crippen LogP contribution in [0.1, 0.15) is 10.4 Å². The topological polar surface area (TPSA) is 83.7 Å². The molecule has 0 unspecified atom stereocenters. The highest BCUT2D eigenvalue weighted by atomic mass is 16.6. The molecule has 1 aromatic heterocycles. The van der Waals surface area contributed by atoms with Crippen molar-refractivity contribution in [3.05, 3.63) is 23.9 Å². The maximum atomic E-state index is 11.5. The van der Waals surface area contributed by atoms with Gasteiger partial charge in [-0.2, -0.15) is 0 Å². The number of nitrogens with two attached hydrogens (primary N) is 1. The Labute approximate surface area is 99.7 Å². The molecule has 0 fully saturated rings. The Morgan fingerprint density at radius 2 is 2.12 bits per heavy atom. The summed E-state index contributed by atoms with van der Waals surface area (Å²) in [6.45, 7) is 1.55. The third kappa shape index (κ3) is 5.28. The van der Waals surface area contributed by atoms with Gasteiger partial charge in [0.25, 0.3) is 0 Å². The number of anilines is 1. The maximum absolute atomic E-state index is 11.5. The summed E-state index contributed by atoms with van der Waals surface area (Å²) in [6.07, 6.45) is 1.46. The van der Waals surface area contributed by atoms with Crippen LogP contribution in [0.15, 0.2) is 18.3 Å². The SMILES string of the molecule is COCCOCCOC(=O)c1ccnc(N)c1. The van der Waals surface area contributed by atoms with Crippen LogP contribution < -0.4 is 5.73 Å². The van der Waals surface area contributed by atoms with Gasteiger partial charge in [0.2, 0.25) is 0 Å². The van der Waals surface area contributed by atoms with Crippen LogP contribution in [0.25, 0.3) is 0 Å². The summed E-state index contributed by atoms with van der Waals surface area (Å²) in [7, 11) is 1.59. The van der Waals surface area contributed by atoms with Crippen molar-refractivity contribution >= 4 is 11.8 Å². The minimum Gasteiger partial charge on any atom is -0.460 e. The second kappa shape index (κ2) is 7.59. The summed E-state index contributed by atoms with van der Waals surface area (Å²) in [5.74, 6) is -0.148. The van der Waals surface area contributed by atoms with Crippen molar-refractivity contribution in [3.63, 3.8) is 0 Å². The van der Waals surface area contributed by atoms with Gasteiger partial charge in [-0.25, -0.2) is 9.78 Å². The molecule has 0 aliphatic heterocycles. The van der Waals surface area contributed by atoms with Crippen LogP contribution in [0.3, 0.4) is 0 Å². The summed E-state index contributed by atoms with van der Waals surface area (Å²) in [5, 5.41) is 0. The summed E-state index contributed by atoms with van der Waals surface area (Å²) < 4.78 is 14.9. The number of nitrogen functional groups attached to an aromatic ring is 1. The Morgan fingerprint density at radius 3 is 2.82 bits per heavy atom. The molecule has 0 atom stereocenters. The van der Waals surface area contributed by atoms with Gasteiger partial charge in [0, 0.05) is 13.3 Å². The second-order valence-corrected chi connectivity index (χ2v) is 3.21. The molecule has 17 heavy (non-hydrogen) atoms. The minimum absolute atomic E-state index is 0.199. The van der Waals surface area contributed by atoms with Gasteiger partial charge in [-0.15, -0.1) is 0 Å². The molecular formula is C11H16N2O4. The van der Waals surface area contributed by atoms with E-state index in [0.717, 1.165) is 0 Å². The molecular weight excluding hydrogens is 224 g/mol. The first-order valence-corrected chi connectivity index (χ1v) is 5.19. The van der Waals surface area contributed by atoms with E-state index in [9.17, 15) is 4.79 Å². The molecule has 6 nitrogen and oxygen atoms in total. The van der Waals surface area contributed by atoms with E-state index in [4.69, 9.17) is 19.9 Å². The number of carbonyl (C=O) groups excluding carboxylic acids is 1. The van der Waals surface area contributed by atoms with Crippen LogP contribution in [0.4, 0.5) is 5.82 Å². The Hall–Kier alpha value is -1.66. The molecule has 0 saturated carbocycles. The van der Waals surface area contributed by atoms with E-state index >= 15 is 0 Å². The molecule has 0 aromatic carbocycles. The highest BCUT2D eigenvalue weighted by molar-refractivity contribution is 5.89. The molecule has 1 aromatic rings. The smallest absolute Gasteiger partial charge is 0.338 e. The van der Waals surface area contributed by atoms with Crippen molar-refractivity contribution in [1.82, 2.24) is 4.98 Å². The van der Waals surface area contributed by atoms with Crippen LogP contribution in [-0.2, 0) is 14.2 Å². The van der Waals surface area contributed by atoms with Crippen molar-refractivity contribution in [2.75, 3.05) is 39.3 Å². The molecule has 0 aliphatic carbocycles. The van der Waals surface area contributed by atoms with E-state index in [2.05, 4.69) is 4.98 Å². The summed E-state index contributed by atoms with van der Waals surface area (Å²) in [5.41, 5.74) is 5.83. The average molecular weight is 240 g/mol. The normalized spacial score (nSPS) is 10.2. The number of methoxy groups -OCH3 is 1. The molecule has 0 spiro atoms.